The number of carbonyl (C=O) groups is 1. The van der Waals surface area contributed by atoms with Crippen molar-refractivity contribution in [3.8, 4) is 11.3 Å². The van der Waals surface area contributed by atoms with Gasteiger partial charge in [-0.25, -0.2) is 0 Å². The number of ketones is 1. The molecule has 0 radical (unpaired) electrons. The Hall–Kier alpha value is -1.35. The van der Waals surface area contributed by atoms with Gasteiger partial charge in [0.1, 0.15) is 11.5 Å². The maximum absolute atomic E-state index is 11.3. The van der Waals surface area contributed by atoms with Gasteiger partial charge in [-0.3, -0.25) is 4.79 Å². The minimum Gasteiger partial charge on any atom is -0.461 e. The fraction of sp³-hybridized carbons (Fsp3) is 0.154. The van der Waals surface area contributed by atoms with Gasteiger partial charge in [0, 0.05) is 10.0 Å². The normalized spacial score (nSPS) is 10.4. The maximum Gasteiger partial charge on any atom is 0.163 e. The van der Waals surface area contributed by atoms with E-state index < -0.39 is 0 Å². The second-order valence-electron chi connectivity index (χ2n) is 3.64. The van der Waals surface area contributed by atoms with Crippen molar-refractivity contribution in [2.75, 3.05) is 0 Å². The van der Waals surface area contributed by atoms with Crippen molar-refractivity contribution in [1.82, 2.24) is 0 Å². The molecule has 0 unspecified atom stereocenters. The van der Waals surface area contributed by atoms with E-state index in [1.807, 2.05) is 24.3 Å². The standard InChI is InChI=1S/C13H11BrO2/c1-8(15)12-7-13(16-9(12)2)10-3-5-11(14)6-4-10/h3-7H,1-2H3. The first-order valence-corrected chi connectivity index (χ1v) is 5.74. The van der Waals surface area contributed by atoms with E-state index >= 15 is 0 Å². The number of hydrogen-bond acceptors (Lipinski definition) is 2. The van der Waals surface area contributed by atoms with Gasteiger partial charge in [-0.05, 0) is 32.0 Å². The van der Waals surface area contributed by atoms with Crippen LogP contribution in [0.2, 0.25) is 0 Å². The molecule has 2 rings (SSSR count). The summed E-state index contributed by atoms with van der Waals surface area (Å²) in [5.41, 5.74) is 1.62. The molecule has 1 aromatic carbocycles. The highest BCUT2D eigenvalue weighted by Crippen LogP contribution is 2.26. The Morgan fingerprint density at radius 2 is 1.88 bits per heavy atom. The lowest BCUT2D eigenvalue weighted by atomic mass is 10.1. The van der Waals surface area contributed by atoms with E-state index in [1.165, 1.54) is 0 Å². The van der Waals surface area contributed by atoms with Crippen LogP contribution in [0.1, 0.15) is 23.0 Å². The second kappa shape index (κ2) is 4.26. The fourth-order valence-corrected chi connectivity index (χ4v) is 1.85. The molecule has 2 aromatic rings. The van der Waals surface area contributed by atoms with Crippen LogP contribution in [-0.4, -0.2) is 5.78 Å². The molecule has 0 saturated carbocycles. The number of rotatable bonds is 2. The SMILES string of the molecule is CC(=O)c1cc(-c2ccc(Br)cc2)oc1C. The van der Waals surface area contributed by atoms with Crippen molar-refractivity contribution in [3.63, 3.8) is 0 Å². The zero-order valence-corrected chi connectivity index (χ0v) is 10.7. The molecule has 0 spiro atoms. The quantitative estimate of drug-likeness (QED) is 0.770. The molecule has 0 saturated heterocycles. The van der Waals surface area contributed by atoms with Crippen LogP contribution in [0.3, 0.4) is 0 Å². The first-order chi connectivity index (χ1) is 7.58. The van der Waals surface area contributed by atoms with Gasteiger partial charge in [0.25, 0.3) is 0 Å². The largest absolute Gasteiger partial charge is 0.461 e. The van der Waals surface area contributed by atoms with Crippen LogP contribution in [0.15, 0.2) is 39.2 Å². The van der Waals surface area contributed by atoms with Crippen molar-refractivity contribution in [1.29, 1.82) is 0 Å². The van der Waals surface area contributed by atoms with Gasteiger partial charge in [-0.15, -0.1) is 0 Å². The summed E-state index contributed by atoms with van der Waals surface area (Å²) in [4.78, 5) is 11.3. The van der Waals surface area contributed by atoms with E-state index in [0.717, 1.165) is 15.8 Å². The first kappa shape index (κ1) is 11.1. The number of aryl methyl sites for hydroxylation is 1. The van der Waals surface area contributed by atoms with Crippen LogP contribution in [0.25, 0.3) is 11.3 Å². The zero-order valence-electron chi connectivity index (χ0n) is 9.08. The predicted molar refractivity (Wildman–Crippen MR) is 66.6 cm³/mol. The summed E-state index contributed by atoms with van der Waals surface area (Å²) >= 11 is 3.38. The molecule has 82 valence electrons. The molecule has 2 nitrogen and oxygen atoms in total. The predicted octanol–water partition coefficient (Wildman–Crippen LogP) is 4.22. The summed E-state index contributed by atoms with van der Waals surface area (Å²) in [5, 5.41) is 0. The highest BCUT2D eigenvalue weighted by molar-refractivity contribution is 9.10. The third-order valence-electron chi connectivity index (χ3n) is 2.43. The van der Waals surface area contributed by atoms with E-state index in [4.69, 9.17) is 4.42 Å². The highest BCUT2D eigenvalue weighted by Gasteiger charge is 2.12. The third-order valence-corrected chi connectivity index (χ3v) is 2.95. The maximum atomic E-state index is 11.3. The first-order valence-electron chi connectivity index (χ1n) is 4.95. The van der Waals surface area contributed by atoms with E-state index in [9.17, 15) is 4.79 Å². The van der Waals surface area contributed by atoms with Gasteiger partial charge >= 0.3 is 0 Å². The molecule has 16 heavy (non-hydrogen) atoms. The minimum atomic E-state index is 0.0320. The Balaban J connectivity index is 2.45. The Morgan fingerprint density at radius 3 is 2.38 bits per heavy atom. The van der Waals surface area contributed by atoms with E-state index in [1.54, 1.807) is 19.9 Å². The summed E-state index contributed by atoms with van der Waals surface area (Å²) in [6, 6.07) is 9.58. The van der Waals surface area contributed by atoms with Crippen molar-refractivity contribution in [3.05, 3.63) is 46.1 Å². The summed E-state index contributed by atoms with van der Waals surface area (Å²) in [7, 11) is 0. The summed E-state index contributed by atoms with van der Waals surface area (Å²) in [6.07, 6.45) is 0. The van der Waals surface area contributed by atoms with Crippen LogP contribution in [0.4, 0.5) is 0 Å². The van der Waals surface area contributed by atoms with Crippen LogP contribution >= 0.6 is 15.9 Å². The Labute approximate surface area is 102 Å². The van der Waals surface area contributed by atoms with Crippen LogP contribution in [0, 0.1) is 6.92 Å². The van der Waals surface area contributed by atoms with Crippen LogP contribution in [0.5, 0.6) is 0 Å². The lowest BCUT2D eigenvalue weighted by molar-refractivity contribution is 0.101. The summed E-state index contributed by atoms with van der Waals surface area (Å²) in [6.45, 7) is 3.35. The number of hydrogen-bond donors (Lipinski definition) is 0. The number of Topliss-reactive ketones (excluding diaryl/α,β-unsaturated/α-hetero) is 1. The molecular weight excluding hydrogens is 268 g/mol. The molecule has 0 fully saturated rings. The van der Waals surface area contributed by atoms with E-state index in [-0.39, 0.29) is 5.78 Å². The molecule has 0 aliphatic heterocycles. The molecule has 1 heterocycles. The number of carbonyl (C=O) groups excluding carboxylic acids is 1. The molecule has 0 bridgehead atoms. The average Bonchev–Trinajstić information content (AvgIpc) is 2.61. The number of benzene rings is 1. The van der Waals surface area contributed by atoms with Gasteiger partial charge in [0.15, 0.2) is 5.78 Å². The molecule has 0 aliphatic rings. The summed E-state index contributed by atoms with van der Waals surface area (Å²) < 4.78 is 6.59. The smallest absolute Gasteiger partial charge is 0.163 e. The van der Waals surface area contributed by atoms with Gasteiger partial charge in [0.2, 0.25) is 0 Å². The van der Waals surface area contributed by atoms with Gasteiger partial charge in [-0.2, -0.15) is 0 Å². The Kier molecular flexibility index (Phi) is 2.97. The molecule has 0 aliphatic carbocycles. The Bertz CT molecular complexity index is 523. The lowest BCUT2D eigenvalue weighted by Gasteiger charge is -1.95. The van der Waals surface area contributed by atoms with Crippen molar-refractivity contribution in [2.45, 2.75) is 13.8 Å². The molecular formula is C13H11BrO2. The minimum absolute atomic E-state index is 0.0320. The topological polar surface area (TPSA) is 30.2 Å². The molecule has 0 N–H and O–H groups in total. The molecule has 3 heteroatoms. The van der Waals surface area contributed by atoms with Crippen LogP contribution in [-0.2, 0) is 0 Å². The lowest BCUT2D eigenvalue weighted by Crippen LogP contribution is -1.90. The molecule has 0 amide bonds. The van der Waals surface area contributed by atoms with E-state index in [2.05, 4.69) is 15.9 Å². The van der Waals surface area contributed by atoms with Crippen molar-refractivity contribution < 1.29 is 9.21 Å². The van der Waals surface area contributed by atoms with Crippen LogP contribution < -0.4 is 0 Å². The zero-order chi connectivity index (χ0) is 11.7. The third kappa shape index (κ3) is 2.09. The monoisotopic (exact) mass is 278 g/mol. The van der Waals surface area contributed by atoms with Gasteiger partial charge < -0.3 is 4.42 Å². The van der Waals surface area contributed by atoms with Crippen molar-refractivity contribution in [2.24, 2.45) is 0 Å². The molecule has 0 atom stereocenters. The Morgan fingerprint density at radius 1 is 1.25 bits per heavy atom. The average molecular weight is 279 g/mol. The van der Waals surface area contributed by atoms with E-state index in [0.29, 0.717) is 11.3 Å². The fourth-order valence-electron chi connectivity index (χ4n) is 1.59. The molecule has 1 aromatic heterocycles. The van der Waals surface area contributed by atoms with Gasteiger partial charge in [-0.1, -0.05) is 28.1 Å². The second-order valence-corrected chi connectivity index (χ2v) is 4.56. The highest BCUT2D eigenvalue weighted by atomic mass is 79.9. The van der Waals surface area contributed by atoms with Crippen molar-refractivity contribution >= 4 is 21.7 Å². The van der Waals surface area contributed by atoms with Gasteiger partial charge in [0.05, 0.1) is 5.56 Å². The summed E-state index contributed by atoms with van der Waals surface area (Å²) in [5.74, 6) is 1.44. The number of halogens is 1. The number of furan rings is 1.